The molecule has 2 aromatic carbocycles. The van der Waals surface area contributed by atoms with Gasteiger partial charge >= 0.3 is 5.97 Å². The number of halogens is 1. The number of esters is 1. The molecule has 1 N–H and O–H groups in total. The molecular weight excluding hydrogens is 543 g/mol. The fraction of sp³-hybridized carbons (Fsp3) is 0.516. The van der Waals surface area contributed by atoms with Crippen LogP contribution in [0.2, 0.25) is 18.6 Å². The molecule has 1 saturated heterocycles. The third kappa shape index (κ3) is 6.24. The van der Waals surface area contributed by atoms with Crippen LogP contribution in [0.3, 0.4) is 0 Å². The lowest BCUT2D eigenvalue weighted by molar-refractivity contribution is -0.150. The van der Waals surface area contributed by atoms with Gasteiger partial charge in [0, 0.05) is 43.1 Å². The second-order valence-corrected chi connectivity index (χ2v) is 15.3. The highest BCUT2D eigenvalue weighted by molar-refractivity contribution is 6.72. The van der Waals surface area contributed by atoms with Gasteiger partial charge in [0.25, 0.3) is 5.91 Å². The van der Waals surface area contributed by atoms with Gasteiger partial charge in [0.15, 0.2) is 5.60 Å². The summed E-state index contributed by atoms with van der Waals surface area (Å²) in [7, 11) is -2.08. The molecule has 2 aliphatic rings. The summed E-state index contributed by atoms with van der Waals surface area (Å²) in [5.74, 6) is -1.30. The molecule has 2 amide bonds. The van der Waals surface area contributed by atoms with Gasteiger partial charge in [-0.3, -0.25) is 14.4 Å². The average Bonchev–Trinajstić information content (AvgIpc) is 3.37. The van der Waals surface area contributed by atoms with Crippen LogP contribution in [0.5, 0.6) is 0 Å². The van der Waals surface area contributed by atoms with E-state index in [9.17, 15) is 19.5 Å². The molecule has 2 aromatic rings. The van der Waals surface area contributed by atoms with Crippen molar-refractivity contribution in [1.82, 2.24) is 4.90 Å². The average molecular weight is 585 g/mol. The Labute approximate surface area is 242 Å². The van der Waals surface area contributed by atoms with E-state index in [-0.39, 0.29) is 43.8 Å². The monoisotopic (exact) mass is 584 g/mol. The first-order chi connectivity index (χ1) is 19.5. The Morgan fingerprint density at radius 2 is 1.80 bits per heavy atom. The molecule has 10 heteroatoms. The highest BCUT2D eigenvalue weighted by atomic mass is 28.4. The number of aliphatic hydroxyl groups excluding tert-OH is 1. The number of aliphatic hydroxyl groups is 1. The van der Waals surface area contributed by atoms with Crippen LogP contribution in [-0.2, 0) is 36.0 Å². The van der Waals surface area contributed by atoms with Crippen molar-refractivity contribution >= 4 is 31.9 Å². The first-order valence-corrected chi connectivity index (χ1v) is 17.3. The number of anilines is 1. The molecule has 4 rings (SSSR count). The zero-order valence-electron chi connectivity index (χ0n) is 24.3. The minimum atomic E-state index is -3.43. The summed E-state index contributed by atoms with van der Waals surface area (Å²) in [4.78, 5) is 42.7. The molecule has 1 fully saturated rings. The molecule has 0 saturated carbocycles. The lowest BCUT2D eigenvalue weighted by atomic mass is 9.82. The van der Waals surface area contributed by atoms with Gasteiger partial charge in [-0.1, -0.05) is 55.5 Å². The van der Waals surface area contributed by atoms with Crippen LogP contribution >= 0.6 is 0 Å². The first kappa shape index (κ1) is 30.9. The molecule has 0 radical (unpaired) electrons. The number of unbranched alkanes of at least 4 members (excludes halogenated alkanes) is 1. The molecule has 41 heavy (non-hydrogen) atoms. The Morgan fingerprint density at radius 1 is 1.12 bits per heavy atom. The molecule has 222 valence electrons. The molecule has 4 atom stereocenters. The third-order valence-electron chi connectivity index (χ3n) is 8.42. The van der Waals surface area contributed by atoms with E-state index >= 15 is 4.11 Å². The Hall–Kier alpha value is -3.08. The van der Waals surface area contributed by atoms with Crippen LogP contribution in [0.4, 0.5) is 9.80 Å². The van der Waals surface area contributed by atoms with Crippen LogP contribution in [0, 0.1) is 5.92 Å². The van der Waals surface area contributed by atoms with Gasteiger partial charge in [0.05, 0.1) is 31.9 Å². The second kappa shape index (κ2) is 12.8. The van der Waals surface area contributed by atoms with E-state index in [0.29, 0.717) is 31.5 Å². The number of amides is 2. The number of methoxy groups -OCH3 is 1. The maximum Gasteiger partial charge on any atom is 0.305 e. The van der Waals surface area contributed by atoms with Gasteiger partial charge in [-0.05, 0) is 37.6 Å². The number of benzene rings is 2. The zero-order chi connectivity index (χ0) is 29.8. The van der Waals surface area contributed by atoms with Gasteiger partial charge in [-0.15, -0.1) is 0 Å². The largest absolute Gasteiger partial charge is 0.469 e. The second-order valence-electron chi connectivity index (χ2n) is 11.5. The van der Waals surface area contributed by atoms with Gasteiger partial charge in [0.2, 0.25) is 14.3 Å². The molecule has 8 nitrogen and oxygen atoms in total. The summed E-state index contributed by atoms with van der Waals surface area (Å²) < 4.78 is 27.4. The van der Waals surface area contributed by atoms with E-state index in [1.54, 1.807) is 22.9 Å². The number of carbonyl (C=O) groups is 3. The van der Waals surface area contributed by atoms with Crippen molar-refractivity contribution in [3.8, 4) is 0 Å². The quantitative estimate of drug-likeness (QED) is 0.170. The topological polar surface area (TPSA) is 96.4 Å². The maximum atomic E-state index is 16.1. The zero-order valence-corrected chi connectivity index (χ0v) is 25.3. The van der Waals surface area contributed by atoms with E-state index in [1.807, 2.05) is 61.5 Å². The minimum Gasteiger partial charge on any atom is -0.469 e. The van der Waals surface area contributed by atoms with Crippen molar-refractivity contribution in [1.29, 1.82) is 0 Å². The lowest BCUT2D eigenvalue weighted by Crippen LogP contribution is -2.45. The van der Waals surface area contributed by atoms with Gasteiger partial charge in [0.1, 0.15) is 0 Å². The standard InChI is InChI=1S/C31H41FN2O6Si/c1-22-29(41(3,4)32)26(20-27(36)33(18-19-35)21-23-12-6-5-7-13-23)40-31(22)24-14-8-9-15-25(24)34(30(31)38)17-11-10-16-28(37)39-2/h5-9,12-15,22,26,29,35H,10-11,16-21H2,1-4H3/t22-,26+,29-,31+/m0/s1. The van der Waals surface area contributed by atoms with Crippen molar-refractivity contribution in [3.63, 3.8) is 0 Å². The number of ether oxygens (including phenoxy) is 2. The number of hydrogen-bond donors (Lipinski definition) is 1. The SMILES string of the molecule is COC(=O)CCCCN1C(=O)[C@]2(O[C@H](CC(=O)N(CCO)Cc3ccccc3)[C@@H]([Si](C)(C)F)[C@@H]2C)c2ccccc21. The number of nitrogens with zero attached hydrogens (tertiary/aromatic N) is 2. The van der Waals surface area contributed by atoms with E-state index < -0.39 is 31.6 Å². The number of fused-ring (bicyclic) bond motifs is 2. The summed E-state index contributed by atoms with van der Waals surface area (Å²) in [5.41, 5.74) is 0.339. The van der Waals surface area contributed by atoms with Crippen molar-refractivity contribution in [2.24, 2.45) is 5.92 Å². The summed E-state index contributed by atoms with van der Waals surface area (Å²) in [6.45, 7) is 5.73. The highest BCUT2D eigenvalue weighted by Crippen LogP contribution is 2.60. The molecule has 1 spiro atoms. The third-order valence-corrected chi connectivity index (χ3v) is 10.9. The smallest absolute Gasteiger partial charge is 0.305 e. The molecule has 2 aliphatic heterocycles. The van der Waals surface area contributed by atoms with Crippen LogP contribution in [0.25, 0.3) is 0 Å². The van der Waals surface area contributed by atoms with E-state index in [0.717, 1.165) is 11.3 Å². The normalized spacial score (nSPS) is 23.6. The Bertz CT molecular complexity index is 1240. The van der Waals surface area contributed by atoms with Crippen LogP contribution < -0.4 is 4.90 Å². The van der Waals surface area contributed by atoms with Crippen molar-refractivity contribution in [3.05, 3.63) is 65.7 Å². The van der Waals surface area contributed by atoms with Crippen LogP contribution in [0.15, 0.2) is 54.6 Å². The predicted octanol–water partition coefficient (Wildman–Crippen LogP) is 4.56. The summed E-state index contributed by atoms with van der Waals surface area (Å²) in [5, 5.41) is 9.67. The van der Waals surface area contributed by atoms with Gasteiger partial charge in [-0.25, -0.2) is 0 Å². The minimum absolute atomic E-state index is 0.0848. The van der Waals surface area contributed by atoms with Crippen molar-refractivity contribution < 1.29 is 33.1 Å². The molecule has 2 heterocycles. The molecule has 0 aromatic heterocycles. The fourth-order valence-corrected chi connectivity index (χ4v) is 9.08. The first-order valence-electron chi connectivity index (χ1n) is 14.3. The number of rotatable bonds is 12. The summed E-state index contributed by atoms with van der Waals surface area (Å²) in [6, 6.07) is 16.9. The van der Waals surface area contributed by atoms with Crippen molar-refractivity contribution in [2.75, 3.05) is 31.7 Å². The molecule has 0 aliphatic carbocycles. The highest BCUT2D eigenvalue weighted by Gasteiger charge is 2.66. The maximum absolute atomic E-state index is 16.1. The summed E-state index contributed by atoms with van der Waals surface area (Å²) >= 11 is 0. The van der Waals surface area contributed by atoms with Crippen LogP contribution in [-0.4, -0.2) is 69.1 Å². The predicted molar refractivity (Wildman–Crippen MR) is 156 cm³/mol. The van der Waals surface area contributed by atoms with Gasteiger partial charge in [-0.2, -0.15) is 0 Å². The van der Waals surface area contributed by atoms with Gasteiger partial charge < -0.3 is 28.5 Å². The number of carbonyl (C=O) groups excluding carboxylic acids is 3. The Kier molecular flexibility index (Phi) is 9.66. The molecule has 0 bridgehead atoms. The number of para-hydroxylation sites is 1. The van der Waals surface area contributed by atoms with Crippen molar-refractivity contribution in [2.45, 2.75) is 69.5 Å². The molecule has 0 unspecified atom stereocenters. The summed E-state index contributed by atoms with van der Waals surface area (Å²) in [6.07, 6.45) is 0.536. The van der Waals surface area contributed by atoms with Crippen LogP contribution in [0.1, 0.15) is 43.7 Å². The van der Waals surface area contributed by atoms with E-state index in [1.165, 1.54) is 7.11 Å². The van der Waals surface area contributed by atoms with E-state index in [2.05, 4.69) is 0 Å². The fourth-order valence-electron chi connectivity index (χ4n) is 6.58. The Balaban J connectivity index is 1.61. The Morgan fingerprint density at radius 3 is 2.46 bits per heavy atom. The number of hydrogen-bond acceptors (Lipinski definition) is 6. The van der Waals surface area contributed by atoms with E-state index in [4.69, 9.17) is 9.47 Å². The molecular formula is C31H41FN2O6Si. The lowest BCUT2D eigenvalue weighted by Gasteiger charge is -2.31.